The minimum atomic E-state index is -0.216. The minimum Gasteiger partial charge on any atom is -0.368 e. The van der Waals surface area contributed by atoms with Gasteiger partial charge in [0.1, 0.15) is 0 Å². The Morgan fingerprint density at radius 3 is 2.80 bits per heavy atom. The Balaban J connectivity index is 2.47. The van der Waals surface area contributed by atoms with Crippen LogP contribution in [0.2, 0.25) is 0 Å². The molecule has 0 aromatic carbocycles. The van der Waals surface area contributed by atoms with E-state index in [0.717, 1.165) is 19.4 Å². The summed E-state index contributed by atoms with van der Waals surface area (Å²) in [5, 5.41) is 3.09. The van der Waals surface area contributed by atoms with Crippen LogP contribution in [0, 0.1) is 5.92 Å². The Morgan fingerprint density at radius 2 is 2.40 bits per heavy atom. The minimum absolute atomic E-state index is 0.0891. The number of nitrogens with two attached hydrogens (primary N) is 1. The fourth-order valence-corrected chi connectivity index (χ4v) is 1.43. The topological polar surface area (TPSA) is 55.1 Å². The van der Waals surface area contributed by atoms with Gasteiger partial charge in [-0.25, -0.2) is 0 Å². The summed E-state index contributed by atoms with van der Waals surface area (Å²) in [4.78, 5) is 10.7. The first-order valence-corrected chi connectivity index (χ1v) is 3.74. The summed E-state index contributed by atoms with van der Waals surface area (Å²) in [6, 6.07) is -0.0891. The second-order valence-corrected chi connectivity index (χ2v) is 2.95. The molecule has 1 amide bonds. The number of piperidine rings is 1. The monoisotopic (exact) mass is 142 g/mol. The third-order valence-corrected chi connectivity index (χ3v) is 2.08. The molecule has 3 N–H and O–H groups in total. The average Bonchev–Trinajstić information content (AvgIpc) is 1.88. The van der Waals surface area contributed by atoms with E-state index in [2.05, 4.69) is 12.2 Å². The van der Waals surface area contributed by atoms with E-state index in [0.29, 0.717) is 5.92 Å². The van der Waals surface area contributed by atoms with Crippen LogP contribution in [0.25, 0.3) is 0 Å². The number of nitrogens with one attached hydrogen (secondary N) is 1. The second kappa shape index (κ2) is 3.01. The number of carbonyl (C=O) groups excluding carboxylic acids is 1. The Labute approximate surface area is 61.0 Å². The molecule has 0 aliphatic carbocycles. The van der Waals surface area contributed by atoms with E-state index in [-0.39, 0.29) is 11.9 Å². The number of amides is 1. The lowest BCUT2D eigenvalue weighted by molar-refractivity contribution is -0.121. The highest BCUT2D eigenvalue weighted by molar-refractivity contribution is 5.80. The summed E-state index contributed by atoms with van der Waals surface area (Å²) in [5.41, 5.74) is 5.16. The van der Waals surface area contributed by atoms with Gasteiger partial charge in [0.2, 0.25) is 5.91 Å². The van der Waals surface area contributed by atoms with Crippen molar-refractivity contribution in [3.05, 3.63) is 0 Å². The Kier molecular flexibility index (Phi) is 2.27. The van der Waals surface area contributed by atoms with E-state index in [1.54, 1.807) is 0 Å². The zero-order valence-corrected chi connectivity index (χ0v) is 6.26. The maximum atomic E-state index is 10.7. The molecule has 1 aliphatic heterocycles. The van der Waals surface area contributed by atoms with Crippen LogP contribution in [-0.4, -0.2) is 18.5 Å². The summed E-state index contributed by atoms with van der Waals surface area (Å²) in [6.07, 6.45) is 2.27. The third-order valence-electron chi connectivity index (χ3n) is 2.08. The zero-order chi connectivity index (χ0) is 7.56. The Morgan fingerprint density at radius 1 is 1.70 bits per heavy atom. The number of primary amides is 1. The van der Waals surface area contributed by atoms with E-state index in [1.165, 1.54) is 0 Å². The van der Waals surface area contributed by atoms with Crippen molar-refractivity contribution < 1.29 is 4.79 Å². The summed E-state index contributed by atoms with van der Waals surface area (Å²) in [5.74, 6) is 0.193. The van der Waals surface area contributed by atoms with Gasteiger partial charge < -0.3 is 11.1 Å². The van der Waals surface area contributed by atoms with Crippen molar-refractivity contribution in [1.29, 1.82) is 0 Å². The van der Waals surface area contributed by atoms with Crippen LogP contribution in [0.1, 0.15) is 19.8 Å². The van der Waals surface area contributed by atoms with Gasteiger partial charge >= 0.3 is 0 Å². The van der Waals surface area contributed by atoms with Crippen LogP contribution in [-0.2, 0) is 4.79 Å². The van der Waals surface area contributed by atoms with Crippen LogP contribution in [0.3, 0.4) is 0 Å². The molecule has 2 atom stereocenters. The highest BCUT2D eigenvalue weighted by atomic mass is 16.1. The molecule has 1 saturated heterocycles. The fourth-order valence-electron chi connectivity index (χ4n) is 1.43. The lowest BCUT2D eigenvalue weighted by Crippen LogP contribution is -2.48. The maximum Gasteiger partial charge on any atom is 0.234 e. The van der Waals surface area contributed by atoms with Gasteiger partial charge in [-0.1, -0.05) is 6.92 Å². The largest absolute Gasteiger partial charge is 0.368 e. The summed E-state index contributed by atoms with van der Waals surface area (Å²) < 4.78 is 0. The molecule has 2 unspecified atom stereocenters. The molecule has 1 fully saturated rings. The molecular weight excluding hydrogens is 128 g/mol. The SMILES string of the molecule is CC1CCCNC1C(N)=O. The lowest BCUT2D eigenvalue weighted by atomic mass is 9.92. The molecule has 0 spiro atoms. The highest BCUT2D eigenvalue weighted by Crippen LogP contribution is 2.14. The molecule has 0 saturated carbocycles. The van der Waals surface area contributed by atoms with Crippen molar-refractivity contribution >= 4 is 5.91 Å². The van der Waals surface area contributed by atoms with E-state index in [9.17, 15) is 4.79 Å². The number of hydrogen-bond donors (Lipinski definition) is 2. The third kappa shape index (κ3) is 1.48. The van der Waals surface area contributed by atoms with E-state index >= 15 is 0 Å². The molecular formula is C7H14N2O. The van der Waals surface area contributed by atoms with Crippen LogP contribution in [0.5, 0.6) is 0 Å². The predicted octanol–water partition coefficient (Wildman–Crippen LogP) is -0.140. The molecule has 3 nitrogen and oxygen atoms in total. The van der Waals surface area contributed by atoms with Crippen molar-refractivity contribution in [2.75, 3.05) is 6.54 Å². The molecule has 10 heavy (non-hydrogen) atoms. The van der Waals surface area contributed by atoms with Gasteiger partial charge in [0.15, 0.2) is 0 Å². The summed E-state index contributed by atoms with van der Waals surface area (Å²) in [6.45, 7) is 2.99. The van der Waals surface area contributed by atoms with Crippen LogP contribution < -0.4 is 11.1 Å². The van der Waals surface area contributed by atoms with Crippen LogP contribution >= 0.6 is 0 Å². The van der Waals surface area contributed by atoms with Gasteiger partial charge in [0, 0.05) is 0 Å². The fraction of sp³-hybridized carbons (Fsp3) is 0.857. The van der Waals surface area contributed by atoms with Crippen molar-refractivity contribution in [2.45, 2.75) is 25.8 Å². The molecule has 0 bridgehead atoms. The van der Waals surface area contributed by atoms with E-state index in [4.69, 9.17) is 5.73 Å². The van der Waals surface area contributed by atoms with Gasteiger partial charge in [0.05, 0.1) is 6.04 Å². The Hall–Kier alpha value is -0.570. The van der Waals surface area contributed by atoms with Crippen LogP contribution in [0.4, 0.5) is 0 Å². The number of carbonyl (C=O) groups is 1. The standard InChI is InChI=1S/C7H14N2O/c1-5-3-2-4-9-6(5)7(8)10/h5-6,9H,2-4H2,1H3,(H2,8,10). The average molecular weight is 142 g/mol. The number of rotatable bonds is 1. The number of hydrogen-bond acceptors (Lipinski definition) is 2. The van der Waals surface area contributed by atoms with E-state index < -0.39 is 0 Å². The highest BCUT2D eigenvalue weighted by Gasteiger charge is 2.24. The first kappa shape index (κ1) is 7.54. The van der Waals surface area contributed by atoms with Gasteiger partial charge in [-0.2, -0.15) is 0 Å². The lowest BCUT2D eigenvalue weighted by Gasteiger charge is -2.27. The first-order valence-electron chi connectivity index (χ1n) is 3.74. The van der Waals surface area contributed by atoms with Gasteiger partial charge in [-0.05, 0) is 25.3 Å². The molecule has 1 heterocycles. The first-order chi connectivity index (χ1) is 4.72. The zero-order valence-electron chi connectivity index (χ0n) is 6.26. The predicted molar refractivity (Wildman–Crippen MR) is 39.4 cm³/mol. The molecule has 0 radical (unpaired) electrons. The summed E-state index contributed by atoms with van der Waals surface area (Å²) >= 11 is 0. The maximum absolute atomic E-state index is 10.7. The second-order valence-electron chi connectivity index (χ2n) is 2.95. The van der Waals surface area contributed by atoms with Gasteiger partial charge in [-0.3, -0.25) is 4.79 Å². The van der Waals surface area contributed by atoms with E-state index in [1.807, 2.05) is 0 Å². The Bertz CT molecular complexity index is 136. The molecule has 0 aromatic heterocycles. The van der Waals surface area contributed by atoms with Crippen molar-refractivity contribution in [1.82, 2.24) is 5.32 Å². The molecule has 3 heteroatoms. The normalized spacial score (nSPS) is 33.7. The molecule has 0 aromatic rings. The van der Waals surface area contributed by atoms with Crippen molar-refractivity contribution in [3.63, 3.8) is 0 Å². The van der Waals surface area contributed by atoms with Crippen molar-refractivity contribution in [3.8, 4) is 0 Å². The molecule has 1 aliphatic rings. The smallest absolute Gasteiger partial charge is 0.234 e. The van der Waals surface area contributed by atoms with Gasteiger partial charge in [-0.15, -0.1) is 0 Å². The molecule has 58 valence electrons. The van der Waals surface area contributed by atoms with Gasteiger partial charge in [0.25, 0.3) is 0 Å². The van der Waals surface area contributed by atoms with Crippen LogP contribution in [0.15, 0.2) is 0 Å². The van der Waals surface area contributed by atoms with Crippen molar-refractivity contribution in [2.24, 2.45) is 11.7 Å². The quantitative estimate of drug-likeness (QED) is 0.535. The summed E-state index contributed by atoms with van der Waals surface area (Å²) in [7, 11) is 0. The molecule has 1 rings (SSSR count).